The van der Waals surface area contributed by atoms with Crippen molar-refractivity contribution in [2.45, 2.75) is 45.9 Å². The summed E-state index contributed by atoms with van der Waals surface area (Å²) in [5.41, 5.74) is -2.41. The van der Waals surface area contributed by atoms with Crippen LogP contribution >= 0.6 is 0 Å². The highest BCUT2D eigenvalue weighted by molar-refractivity contribution is 5.99. The van der Waals surface area contributed by atoms with E-state index in [9.17, 15) is 22.8 Å². The van der Waals surface area contributed by atoms with Gasteiger partial charge in [0.05, 0.1) is 17.2 Å². The van der Waals surface area contributed by atoms with Gasteiger partial charge in [-0.15, -0.1) is 0 Å². The van der Waals surface area contributed by atoms with Crippen molar-refractivity contribution in [3.63, 3.8) is 0 Å². The van der Waals surface area contributed by atoms with Crippen LogP contribution in [0.1, 0.15) is 44.7 Å². The Morgan fingerprint density at radius 2 is 2.08 bits per heavy atom. The Kier molecular flexibility index (Phi) is 5.31. The third-order valence-corrected chi connectivity index (χ3v) is 4.20. The molecule has 0 aliphatic carbocycles. The number of likely N-dealkylation sites (tertiary alicyclic amines) is 1. The lowest BCUT2D eigenvalue weighted by Gasteiger charge is -2.24. The molecular formula is C18H19F3N2O3. The number of nitriles is 1. The molecule has 1 aliphatic rings. The molecular weight excluding hydrogens is 349 g/mol. The minimum absolute atomic E-state index is 0.137. The Hall–Kier alpha value is -2.56. The van der Waals surface area contributed by atoms with Crippen LogP contribution in [0.2, 0.25) is 0 Å². The van der Waals surface area contributed by atoms with Gasteiger partial charge >= 0.3 is 6.18 Å². The molecule has 8 heteroatoms. The minimum atomic E-state index is -4.72. The van der Waals surface area contributed by atoms with Crippen LogP contribution in [-0.4, -0.2) is 29.4 Å². The first-order chi connectivity index (χ1) is 12.0. The molecule has 26 heavy (non-hydrogen) atoms. The third-order valence-electron chi connectivity index (χ3n) is 4.20. The number of hydrogen-bond donors (Lipinski definition) is 0. The first-order valence-electron chi connectivity index (χ1n) is 8.13. The van der Waals surface area contributed by atoms with Crippen LogP contribution in [0.4, 0.5) is 13.2 Å². The van der Waals surface area contributed by atoms with Crippen molar-refractivity contribution in [2.75, 3.05) is 6.54 Å². The summed E-state index contributed by atoms with van der Waals surface area (Å²) in [6, 6.07) is 4.42. The third kappa shape index (κ3) is 3.82. The predicted octanol–water partition coefficient (Wildman–Crippen LogP) is 3.52. The molecule has 1 aliphatic heterocycles. The summed E-state index contributed by atoms with van der Waals surface area (Å²) < 4.78 is 44.8. The number of ether oxygens (including phenoxy) is 1. The summed E-state index contributed by atoms with van der Waals surface area (Å²) in [5, 5.41) is 8.84. The van der Waals surface area contributed by atoms with Crippen LogP contribution in [0.25, 0.3) is 0 Å². The molecule has 1 heterocycles. The zero-order valence-electron chi connectivity index (χ0n) is 14.7. The van der Waals surface area contributed by atoms with Gasteiger partial charge in [0.15, 0.2) is 6.10 Å². The highest BCUT2D eigenvalue weighted by Gasteiger charge is 2.50. The van der Waals surface area contributed by atoms with Gasteiger partial charge in [0.25, 0.3) is 5.91 Å². The van der Waals surface area contributed by atoms with E-state index in [0.717, 1.165) is 11.0 Å². The fourth-order valence-corrected chi connectivity index (χ4v) is 2.88. The maximum Gasteiger partial charge on any atom is 0.417 e. The molecule has 5 nitrogen and oxygen atoms in total. The van der Waals surface area contributed by atoms with Crippen molar-refractivity contribution >= 4 is 11.8 Å². The lowest BCUT2D eigenvalue weighted by Crippen LogP contribution is -2.38. The first-order valence-corrected chi connectivity index (χ1v) is 8.13. The number of halogens is 3. The maximum atomic E-state index is 13.1. The van der Waals surface area contributed by atoms with E-state index >= 15 is 0 Å². The van der Waals surface area contributed by atoms with E-state index in [2.05, 4.69) is 0 Å². The van der Waals surface area contributed by atoms with Gasteiger partial charge in [-0.05, 0) is 24.6 Å². The molecule has 1 aromatic rings. The van der Waals surface area contributed by atoms with Crippen LogP contribution in [0, 0.1) is 16.7 Å². The maximum absolute atomic E-state index is 13.1. The van der Waals surface area contributed by atoms with Crippen LogP contribution in [0.3, 0.4) is 0 Å². The quantitative estimate of drug-likeness (QED) is 0.815. The summed E-state index contributed by atoms with van der Waals surface area (Å²) in [4.78, 5) is 25.7. The van der Waals surface area contributed by atoms with Crippen molar-refractivity contribution < 1.29 is 27.5 Å². The second-order valence-electron chi connectivity index (χ2n) is 6.87. The zero-order chi connectivity index (χ0) is 19.7. The van der Waals surface area contributed by atoms with Gasteiger partial charge in [0.1, 0.15) is 5.75 Å². The normalized spacial score (nSPS) is 19.3. The second kappa shape index (κ2) is 6.98. The second-order valence-corrected chi connectivity index (χ2v) is 6.87. The molecule has 0 N–H and O–H groups in total. The van der Waals surface area contributed by atoms with Crippen LogP contribution < -0.4 is 4.74 Å². The number of carbonyl (C=O) groups is 2. The number of benzene rings is 1. The minimum Gasteiger partial charge on any atom is -0.480 e. The van der Waals surface area contributed by atoms with Crippen molar-refractivity contribution in [2.24, 2.45) is 5.41 Å². The number of carbonyl (C=O) groups excluding carboxylic acids is 2. The average Bonchev–Trinajstić information content (AvgIpc) is 2.78. The Morgan fingerprint density at radius 1 is 1.42 bits per heavy atom. The van der Waals surface area contributed by atoms with Crippen LogP contribution in [0.15, 0.2) is 18.2 Å². The molecule has 2 rings (SSSR count). The first kappa shape index (κ1) is 19.8. The Balaban J connectivity index is 2.31. The fraction of sp³-hybridized carbons (Fsp3) is 0.500. The smallest absolute Gasteiger partial charge is 0.417 e. The van der Waals surface area contributed by atoms with Gasteiger partial charge in [-0.25, -0.2) is 0 Å². The number of nitrogens with zero attached hydrogens (tertiary/aromatic N) is 2. The van der Waals surface area contributed by atoms with Gasteiger partial charge in [-0.2, -0.15) is 18.4 Å². The number of alkyl halides is 3. The van der Waals surface area contributed by atoms with E-state index in [0.29, 0.717) is 12.5 Å². The van der Waals surface area contributed by atoms with Crippen LogP contribution in [-0.2, 0) is 15.8 Å². The highest BCUT2D eigenvalue weighted by Crippen LogP contribution is 2.37. The van der Waals surface area contributed by atoms with Crippen molar-refractivity contribution in [3.05, 3.63) is 29.3 Å². The SMILES string of the molecule is CCCC(=O)N1CC(C)(C)C(Oc2ccc(C#N)c(C(F)(F)F)c2)C1=O. The standard InChI is InChI=1S/C18H19F3N2O3/c1-4-5-14(24)23-10-17(2,3)15(16(23)25)26-12-7-6-11(9-22)13(8-12)18(19,20)21/h6-8,15H,4-5,10H2,1-3H3. The summed E-state index contributed by atoms with van der Waals surface area (Å²) in [7, 11) is 0. The van der Waals surface area contributed by atoms with Gasteiger partial charge in [0.2, 0.25) is 5.91 Å². The van der Waals surface area contributed by atoms with E-state index < -0.39 is 34.7 Å². The van der Waals surface area contributed by atoms with E-state index in [4.69, 9.17) is 10.00 Å². The Morgan fingerprint density at radius 3 is 2.62 bits per heavy atom. The lowest BCUT2D eigenvalue weighted by atomic mass is 9.89. The zero-order valence-corrected chi connectivity index (χ0v) is 14.7. The number of amides is 2. The molecule has 0 radical (unpaired) electrons. The Bertz CT molecular complexity index is 766. The van der Waals surface area contributed by atoms with Gasteiger partial charge in [0, 0.05) is 18.4 Å². The van der Waals surface area contributed by atoms with E-state index in [1.54, 1.807) is 13.8 Å². The summed E-state index contributed by atoms with van der Waals surface area (Å²) in [6.45, 7) is 5.37. The van der Waals surface area contributed by atoms with E-state index in [1.165, 1.54) is 12.1 Å². The van der Waals surface area contributed by atoms with Crippen molar-refractivity contribution in [1.29, 1.82) is 5.26 Å². The molecule has 0 aromatic heterocycles. The van der Waals surface area contributed by atoms with Crippen LogP contribution in [0.5, 0.6) is 5.75 Å². The molecule has 1 atom stereocenters. The van der Waals surface area contributed by atoms with E-state index in [-0.39, 0.29) is 24.6 Å². The monoisotopic (exact) mass is 368 g/mol. The van der Waals surface area contributed by atoms with E-state index in [1.807, 2.05) is 6.92 Å². The molecule has 0 saturated carbocycles. The summed E-state index contributed by atoms with van der Waals surface area (Å²) >= 11 is 0. The largest absolute Gasteiger partial charge is 0.480 e. The number of hydrogen-bond acceptors (Lipinski definition) is 4. The topological polar surface area (TPSA) is 70.4 Å². The number of rotatable bonds is 4. The Labute approximate surface area is 149 Å². The van der Waals surface area contributed by atoms with Gasteiger partial charge in [-0.1, -0.05) is 20.8 Å². The van der Waals surface area contributed by atoms with Gasteiger partial charge < -0.3 is 4.74 Å². The molecule has 1 unspecified atom stereocenters. The molecule has 1 fully saturated rings. The van der Waals surface area contributed by atoms with Crippen molar-refractivity contribution in [1.82, 2.24) is 4.90 Å². The molecule has 1 saturated heterocycles. The van der Waals surface area contributed by atoms with Gasteiger partial charge in [-0.3, -0.25) is 14.5 Å². The van der Waals surface area contributed by atoms with Crippen molar-refractivity contribution in [3.8, 4) is 11.8 Å². The fourth-order valence-electron chi connectivity index (χ4n) is 2.88. The molecule has 0 spiro atoms. The average molecular weight is 368 g/mol. The summed E-state index contributed by atoms with van der Waals surface area (Å²) in [5.74, 6) is -1.06. The predicted molar refractivity (Wildman–Crippen MR) is 86.0 cm³/mol. The molecule has 0 bridgehead atoms. The molecule has 140 valence electrons. The number of imide groups is 1. The molecule has 2 amide bonds. The lowest BCUT2D eigenvalue weighted by molar-refractivity contribution is -0.144. The molecule has 1 aromatic carbocycles. The highest BCUT2D eigenvalue weighted by atomic mass is 19.4. The summed E-state index contributed by atoms with van der Waals surface area (Å²) in [6.07, 6.45) is -5.01.